The highest BCUT2D eigenvalue weighted by Crippen LogP contribution is 2.30. The van der Waals surface area contributed by atoms with Gasteiger partial charge in [-0.2, -0.15) is 0 Å². The number of hydrogen-bond donors (Lipinski definition) is 1. The summed E-state index contributed by atoms with van der Waals surface area (Å²) in [5.41, 5.74) is 2.43. The van der Waals surface area contributed by atoms with Gasteiger partial charge in [-0.25, -0.2) is 0 Å². The maximum atomic E-state index is 12.8. The van der Waals surface area contributed by atoms with Crippen molar-refractivity contribution in [3.05, 3.63) is 58.1 Å². The van der Waals surface area contributed by atoms with Gasteiger partial charge < -0.3 is 15.0 Å². The first-order valence-corrected chi connectivity index (χ1v) is 11.9. The summed E-state index contributed by atoms with van der Waals surface area (Å²) in [5.74, 6) is 0.863. The minimum atomic E-state index is -0.266. The van der Waals surface area contributed by atoms with Gasteiger partial charge in [0, 0.05) is 24.3 Å². The van der Waals surface area contributed by atoms with Crippen molar-refractivity contribution >= 4 is 33.4 Å². The molecule has 0 saturated carbocycles. The zero-order valence-corrected chi connectivity index (χ0v) is 19.9. The van der Waals surface area contributed by atoms with Gasteiger partial charge in [-0.15, -0.1) is 0 Å². The van der Waals surface area contributed by atoms with Crippen molar-refractivity contribution in [2.45, 2.75) is 51.9 Å². The van der Waals surface area contributed by atoms with Crippen molar-refractivity contribution in [1.82, 2.24) is 4.90 Å². The monoisotopic (exact) mass is 486 g/mol. The number of amides is 2. The lowest BCUT2D eigenvalue weighted by Gasteiger charge is -2.20. The second kappa shape index (κ2) is 11.3. The fourth-order valence-electron chi connectivity index (χ4n) is 3.70. The molecule has 1 aliphatic heterocycles. The highest BCUT2D eigenvalue weighted by Gasteiger charge is 2.18. The molecule has 1 fully saturated rings. The lowest BCUT2D eigenvalue weighted by Crippen LogP contribution is -2.31. The van der Waals surface area contributed by atoms with Gasteiger partial charge >= 0.3 is 0 Å². The first kappa shape index (κ1) is 23.3. The molecule has 3 rings (SSSR count). The number of anilines is 1. The number of hydrogen-bond acceptors (Lipinski definition) is 3. The standard InChI is InChI=1S/C25H31BrN2O3/c1-3-18(2)19-11-12-23(22(26)16-19)31-17-24(29)27-21-10-8-9-20(15-21)25(30)28-13-6-4-5-7-14-28/h8-12,15-16,18H,3-7,13-14,17H2,1-2H3,(H,27,29). The van der Waals surface area contributed by atoms with Crippen LogP contribution in [0.4, 0.5) is 5.69 Å². The molecule has 1 unspecified atom stereocenters. The Morgan fingerprint density at radius 2 is 1.84 bits per heavy atom. The molecule has 5 nitrogen and oxygen atoms in total. The number of carbonyl (C=O) groups is 2. The number of rotatable bonds is 7. The van der Waals surface area contributed by atoms with E-state index in [1.807, 2.05) is 23.1 Å². The smallest absolute Gasteiger partial charge is 0.262 e. The van der Waals surface area contributed by atoms with Gasteiger partial charge in [-0.05, 0) is 77.0 Å². The summed E-state index contributed by atoms with van der Waals surface area (Å²) in [6, 6.07) is 13.1. The van der Waals surface area contributed by atoms with Crippen LogP contribution in [0.2, 0.25) is 0 Å². The molecule has 1 saturated heterocycles. The highest BCUT2D eigenvalue weighted by atomic mass is 79.9. The second-order valence-electron chi connectivity index (χ2n) is 8.12. The Morgan fingerprint density at radius 3 is 2.52 bits per heavy atom. The molecule has 31 heavy (non-hydrogen) atoms. The Balaban J connectivity index is 1.57. The number of nitrogens with one attached hydrogen (secondary N) is 1. The van der Waals surface area contributed by atoms with E-state index in [1.54, 1.807) is 24.3 Å². The van der Waals surface area contributed by atoms with E-state index < -0.39 is 0 Å². The van der Waals surface area contributed by atoms with Crippen LogP contribution in [0.5, 0.6) is 5.75 Å². The summed E-state index contributed by atoms with van der Waals surface area (Å²) in [6.07, 6.45) is 5.52. The number of nitrogens with zero attached hydrogens (tertiary/aromatic N) is 1. The Bertz CT molecular complexity index is 907. The van der Waals surface area contributed by atoms with Crippen molar-refractivity contribution < 1.29 is 14.3 Å². The predicted molar refractivity (Wildman–Crippen MR) is 128 cm³/mol. The van der Waals surface area contributed by atoms with E-state index in [-0.39, 0.29) is 18.4 Å². The van der Waals surface area contributed by atoms with Crippen molar-refractivity contribution in [3.8, 4) is 5.75 Å². The number of benzene rings is 2. The molecule has 0 aromatic heterocycles. The van der Waals surface area contributed by atoms with Crippen LogP contribution in [0.3, 0.4) is 0 Å². The van der Waals surface area contributed by atoms with E-state index in [1.165, 1.54) is 18.4 Å². The lowest BCUT2D eigenvalue weighted by molar-refractivity contribution is -0.118. The summed E-state index contributed by atoms with van der Waals surface area (Å²) in [4.78, 5) is 27.1. The van der Waals surface area contributed by atoms with Crippen LogP contribution in [-0.4, -0.2) is 36.4 Å². The number of likely N-dealkylation sites (tertiary alicyclic amines) is 1. The average Bonchev–Trinajstić information content (AvgIpc) is 3.07. The van der Waals surface area contributed by atoms with Crippen LogP contribution in [0.15, 0.2) is 46.9 Å². The Morgan fingerprint density at radius 1 is 1.10 bits per heavy atom. The third-order valence-electron chi connectivity index (χ3n) is 5.78. The zero-order valence-electron chi connectivity index (χ0n) is 18.3. The molecule has 2 aromatic carbocycles. The molecule has 166 valence electrons. The summed E-state index contributed by atoms with van der Waals surface area (Å²) in [5, 5.41) is 2.83. The van der Waals surface area contributed by atoms with E-state index in [0.717, 1.165) is 36.8 Å². The largest absolute Gasteiger partial charge is 0.483 e. The maximum absolute atomic E-state index is 12.8. The van der Waals surface area contributed by atoms with Crippen LogP contribution < -0.4 is 10.1 Å². The third-order valence-corrected chi connectivity index (χ3v) is 6.40. The average molecular weight is 487 g/mol. The fourth-order valence-corrected chi connectivity index (χ4v) is 4.21. The van der Waals surface area contributed by atoms with Gasteiger partial charge in [0.2, 0.25) is 0 Å². The summed E-state index contributed by atoms with van der Waals surface area (Å²) < 4.78 is 6.53. The molecule has 0 radical (unpaired) electrons. The van der Waals surface area contributed by atoms with Crippen molar-refractivity contribution in [2.24, 2.45) is 0 Å². The van der Waals surface area contributed by atoms with Gasteiger partial charge in [0.1, 0.15) is 5.75 Å². The van der Waals surface area contributed by atoms with Crippen LogP contribution in [0.1, 0.15) is 67.8 Å². The molecule has 2 aromatic rings. The molecule has 1 heterocycles. The zero-order chi connectivity index (χ0) is 22.2. The summed E-state index contributed by atoms with van der Waals surface area (Å²) in [7, 11) is 0. The lowest BCUT2D eigenvalue weighted by atomic mass is 9.99. The van der Waals surface area contributed by atoms with Crippen molar-refractivity contribution in [2.75, 3.05) is 25.0 Å². The molecule has 1 aliphatic rings. The minimum Gasteiger partial charge on any atom is -0.483 e. The number of carbonyl (C=O) groups excluding carboxylic acids is 2. The van der Waals surface area contributed by atoms with Crippen molar-refractivity contribution in [3.63, 3.8) is 0 Å². The van der Waals surface area contributed by atoms with Crippen LogP contribution >= 0.6 is 15.9 Å². The van der Waals surface area contributed by atoms with Crippen LogP contribution in [-0.2, 0) is 4.79 Å². The Labute approximate surface area is 193 Å². The Hall–Kier alpha value is -2.34. The molecular formula is C25H31BrN2O3. The molecular weight excluding hydrogens is 456 g/mol. The molecule has 0 aliphatic carbocycles. The topological polar surface area (TPSA) is 58.6 Å². The third kappa shape index (κ3) is 6.57. The van der Waals surface area contributed by atoms with E-state index in [2.05, 4.69) is 35.1 Å². The molecule has 0 spiro atoms. The predicted octanol–water partition coefficient (Wildman–Crippen LogP) is 6.00. The van der Waals surface area contributed by atoms with Gasteiger partial charge in [-0.1, -0.05) is 38.8 Å². The molecule has 1 atom stereocenters. The SMILES string of the molecule is CCC(C)c1ccc(OCC(=O)Nc2cccc(C(=O)N3CCCCCC3)c2)c(Br)c1. The first-order chi connectivity index (χ1) is 15.0. The van der Waals surface area contributed by atoms with Gasteiger partial charge in [-0.3, -0.25) is 9.59 Å². The van der Waals surface area contributed by atoms with E-state index >= 15 is 0 Å². The molecule has 6 heteroatoms. The first-order valence-electron chi connectivity index (χ1n) is 11.1. The minimum absolute atomic E-state index is 0.0274. The van der Waals surface area contributed by atoms with Crippen molar-refractivity contribution in [1.29, 1.82) is 0 Å². The molecule has 1 N–H and O–H groups in total. The highest BCUT2D eigenvalue weighted by molar-refractivity contribution is 9.10. The molecule has 0 bridgehead atoms. The quantitative estimate of drug-likeness (QED) is 0.522. The normalized spacial score (nSPS) is 15.1. The summed E-state index contributed by atoms with van der Waals surface area (Å²) >= 11 is 3.53. The fraction of sp³-hybridized carbons (Fsp3) is 0.440. The molecule has 2 amide bonds. The van der Waals surface area contributed by atoms with E-state index in [9.17, 15) is 9.59 Å². The second-order valence-corrected chi connectivity index (χ2v) is 8.98. The van der Waals surface area contributed by atoms with E-state index in [0.29, 0.717) is 22.9 Å². The Kier molecular flexibility index (Phi) is 8.52. The van der Waals surface area contributed by atoms with Gasteiger partial charge in [0.15, 0.2) is 6.61 Å². The van der Waals surface area contributed by atoms with Gasteiger partial charge in [0.05, 0.1) is 4.47 Å². The van der Waals surface area contributed by atoms with Crippen LogP contribution in [0.25, 0.3) is 0 Å². The van der Waals surface area contributed by atoms with E-state index in [4.69, 9.17) is 4.74 Å². The number of halogens is 1. The number of ether oxygens (including phenoxy) is 1. The maximum Gasteiger partial charge on any atom is 0.262 e. The van der Waals surface area contributed by atoms with Gasteiger partial charge in [0.25, 0.3) is 11.8 Å². The van der Waals surface area contributed by atoms with Crippen LogP contribution in [0, 0.1) is 0 Å². The summed E-state index contributed by atoms with van der Waals surface area (Å²) in [6.45, 7) is 5.83.